The van der Waals surface area contributed by atoms with Gasteiger partial charge in [0.1, 0.15) is 11.5 Å². The fraction of sp³-hybridized carbons (Fsp3) is 0.235. The number of hydrogen-bond donors (Lipinski definition) is 1. The van der Waals surface area contributed by atoms with Crippen LogP contribution in [-0.2, 0) is 4.74 Å². The Bertz CT molecular complexity index is 623. The molecule has 2 N–H and O–H groups in total. The van der Waals surface area contributed by atoms with Gasteiger partial charge in [-0.15, -0.1) is 0 Å². The maximum Gasteiger partial charge on any atom is 0.340 e. The largest absolute Gasteiger partial charge is 0.462 e. The number of nitrogens with two attached hydrogens (primary N) is 1. The maximum absolute atomic E-state index is 12.0. The molecule has 0 aromatic heterocycles. The highest BCUT2D eigenvalue weighted by Crippen LogP contribution is 2.28. The number of carbonyl (C=O) groups excluding carboxylic acids is 1. The van der Waals surface area contributed by atoms with E-state index in [4.69, 9.17) is 15.2 Å². The van der Waals surface area contributed by atoms with E-state index in [1.54, 1.807) is 12.1 Å². The molecule has 2 aromatic rings. The van der Waals surface area contributed by atoms with Crippen LogP contribution in [0.3, 0.4) is 0 Å². The van der Waals surface area contributed by atoms with Crippen molar-refractivity contribution in [2.24, 2.45) is 0 Å². The van der Waals surface area contributed by atoms with E-state index in [-0.39, 0.29) is 0 Å². The standard InChI is InChI=1S/C17H19NO3/c1-3-9-20-17(19)15-11-14(10-12(2)16(15)18)21-13-7-5-4-6-8-13/h4-8,10-11H,3,9,18H2,1-2H3. The molecular weight excluding hydrogens is 266 g/mol. The lowest BCUT2D eigenvalue weighted by Crippen LogP contribution is -2.10. The quantitative estimate of drug-likeness (QED) is 0.667. The lowest BCUT2D eigenvalue weighted by atomic mass is 10.1. The van der Waals surface area contributed by atoms with Gasteiger partial charge in [-0.05, 0) is 43.2 Å². The van der Waals surface area contributed by atoms with Gasteiger partial charge in [0, 0.05) is 5.69 Å². The van der Waals surface area contributed by atoms with Crippen LogP contribution in [0.15, 0.2) is 42.5 Å². The molecule has 0 aliphatic rings. The molecule has 0 aliphatic carbocycles. The van der Waals surface area contributed by atoms with E-state index in [1.807, 2.05) is 44.2 Å². The molecule has 0 saturated heterocycles. The van der Waals surface area contributed by atoms with Crippen LogP contribution >= 0.6 is 0 Å². The van der Waals surface area contributed by atoms with Crippen molar-refractivity contribution in [2.45, 2.75) is 20.3 Å². The summed E-state index contributed by atoms with van der Waals surface area (Å²) in [7, 11) is 0. The number of aryl methyl sites for hydroxylation is 1. The fourth-order valence-electron chi connectivity index (χ4n) is 1.89. The minimum absolute atomic E-state index is 0.342. The Morgan fingerprint density at radius 3 is 2.52 bits per heavy atom. The summed E-state index contributed by atoms with van der Waals surface area (Å²) in [5.74, 6) is 0.849. The highest BCUT2D eigenvalue weighted by Gasteiger charge is 2.15. The summed E-state index contributed by atoms with van der Waals surface area (Å²) in [6.07, 6.45) is 0.769. The lowest BCUT2D eigenvalue weighted by molar-refractivity contribution is 0.0506. The van der Waals surface area contributed by atoms with E-state index in [1.165, 1.54) is 0 Å². The van der Waals surface area contributed by atoms with Gasteiger partial charge in [-0.1, -0.05) is 25.1 Å². The number of ether oxygens (including phenoxy) is 2. The number of benzene rings is 2. The minimum atomic E-state index is -0.420. The third kappa shape index (κ3) is 3.75. The van der Waals surface area contributed by atoms with Gasteiger partial charge < -0.3 is 15.2 Å². The van der Waals surface area contributed by atoms with Crippen molar-refractivity contribution in [2.75, 3.05) is 12.3 Å². The van der Waals surface area contributed by atoms with Crippen LogP contribution in [0.4, 0.5) is 5.69 Å². The molecule has 21 heavy (non-hydrogen) atoms. The first-order valence-electron chi connectivity index (χ1n) is 6.92. The van der Waals surface area contributed by atoms with Crippen molar-refractivity contribution in [1.82, 2.24) is 0 Å². The molecule has 0 radical (unpaired) electrons. The minimum Gasteiger partial charge on any atom is -0.462 e. The number of nitrogen functional groups attached to an aromatic ring is 1. The Morgan fingerprint density at radius 1 is 1.14 bits per heavy atom. The molecule has 0 spiro atoms. The van der Waals surface area contributed by atoms with E-state index in [9.17, 15) is 4.79 Å². The average Bonchev–Trinajstić information content (AvgIpc) is 2.49. The lowest BCUT2D eigenvalue weighted by Gasteiger charge is -2.12. The summed E-state index contributed by atoms with van der Waals surface area (Å²) in [5.41, 5.74) is 7.51. The van der Waals surface area contributed by atoms with Crippen LogP contribution in [0.2, 0.25) is 0 Å². The van der Waals surface area contributed by atoms with Gasteiger partial charge in [-0.2, -0.15) is 0 Å². The predicted molar refractivity (Wildman–Crippen MR) is 82.7 cm³/mol. The van der Waals surface area contributed by atoms with Gasteiger partial charge in [0.25, 0.3) is 0 Å². The van der Waals surface area contributed by atoms with Gasteiger partial charge >= 0.3 is 5.97 Å². The van der Waals surface area contributed by atoms with E-state index in [2.05, 4.69) is 0 Å². The second-order valence-electron chi connectivity index (χ2n) is 4.75. The van der Waals surface area contributed by atoms with Gasteiger partial charge in [-0.3, -0.25) is 0 Å². The molecule has 110 valence electrons. The normalized spacial score (nSPS) is 10.2. The molecular formula is C17H19NO3. The van der Waals surface area contributed by atoms with Crippen molar-refractivity contribution in [3.8, 4) is 11.5 Å². The van der Waals surface area contributed by atoms with E-state index in [0.717, 1.165) is 12.0 Å². The highest BCUT2D eigenvalue weighted by molar-refractivity contribution is 5.96. The number of esters is 1. The Balaban J connectivity index is 2.28. The molecule has 0 bridgehead atoms. The zero-order chi connectivity index (χ0) is 15.2. The first kappa shape index (κ1) is 14.9. The zero-order valence-electron chi connectivity index (χ0n) is 12.3. The molecule has 2 rings (SSSR count). The second-order valence-corrected chi connectivity index (χ2v) is 4.75. The Hall–Kier alpha value is -2.49. The molecule has 0 amide bonds. The van der Waals surface area contributed by atoms with Crippen LogP contribution in [0.1, 0.15) is 29.3 Å². The fourth-order valence-corrected chi connectivity index (χ4v) is 1.89. The van der Waals surface area contributed by atoms with Crippen molar-refractivity contribution in [3.05, 3.63) is 53.6 Å². The van der Waals surface area contributed by atoms with Crippen molar-refractivity contribution < 1.29 is 14.3 Å². The number of carbonyl (C=O) groups is 1. The molecule has 0 heterocycles. The van der Waals surface area contributed by atoms with Gasteiger partial charge in [0.2, 0.25) is 0 Å². The molecule has 0 unspecified atom stereocenters. The van der Waals surface area contributed by atoms with E-state index in [0.29, 0.717) is 29.4 Å². The Kier molecular flexibility index (Phi) is 4.82. The van der Waals surface area contributed by atoms with Crippen LogP contribution in [0, 0.1) is 6.92 Å². The van der Waals surface area contributed by atoms with Crippen LogP contribution in [0.25, 0.3) is 0 Å². The van der Waals surface area contributed by atoms with Gasteiger partial charge in [0.05, 0.1) is 12.2 Å². The van der Waals surface area contributed by atoms with E-state index < -0.39 is 5.97 Å². The van der Waals surface area contributed by atoms with Crippen LogP contribution < -0.4 is 10.5 Å². The predicted octanol–water partition coefficient (Wildman–Crippen LogP) is 3.94. The Morgan fingerprint density at radius 2 is 1.86 bits per heavy atom. The van der Waals surface area contributed by atoms with Crippen LogP contribution in [-0.4, -0.2) is 12.6 Å². The van der Waals surface area contributed by atoms with Crippen molar-refractivity contribution in [1.29, 1.82) is 0 Å². The summed E-state index contributed by atoms with van der Waals surface area (Å²) in [4.78, 5) is 12.0. The topological polar surface area (TPSA) is 61.5 Å². The monoisotopic (exact) mass is 285 g/mol. The smallest absolute Gasteiger partial charge is 0.340 e. The summed E-state index contributed by atoms with van der Waals surface area (Å²) < 4.78 is 10.9. The SMILES string of the molecule is CCCOC(=O)c1cc(Oc2ccccc2)cc(C)c1N. The van der Waals surface area contributed by atoms with Crippen molar-refractivity contribution >= 4 is 11.7 Å². The summed E-state index contributed by atoms with van der Waals surface area (Å²) in [5, 5.41) is 0. The molecule has 4 nitrogen and oxygen atoms in total. The van der Waals surface area contributed by atoms with E-state index >= 15 is 0 Å². The van der Waals surface area contributed by atoms with Gasteiger partial charge in [-0.25, -0.2) is 4.79 Å². The molecule has 0 fully saturated rings. The summed E-state index contributed by atoms with van der Waals surface area (Å²) >= 11 is 0. The first-order chi connectivity index (χ1) is 10.1. The number of hydrogen-bond acceptors (Lipinski definition) is 4. The van der Waals surface area contributed by atoms with Gasteiger partial charge in [0.15, 0.2) is 0 Å². The summed E-state index contributed by atoms with van der Waals surface area (Å²) in [6, 6.07) is 12.8. The molecule has 0 atom stereocenters. The summed E-state index contributed by atoms with van der Waals surface area (Å²) in [6.45, 7) is 4.15. The first-order valence-corrected chi connectivity index (χ1v) is 6.92. The Labute approximate surface area is 124 Å². The van der Waals surface area contributed by atoms with Crippen molar-refractivity contribution in [3.63, 3.8) is 0 Å². The highest BCUT2D eigenvalue weighted by atomic mass is 16.5. The van der Waals surface area contributed by atoms with Crippen LogP contribution in [0.5, 0.6) is 11.5 Å². The zero-order valence-corrected chi connectivity index (χ0v) is 12.3. The number of para-hydroxylation sites is 1. The third-order valence-electron chi connectivity index (χ3n) is 3.00. The second kappa shape index (κ2) is 6.79. The molecule has 0 saturated carbocycles. The molecule has 0 aliphatic heterocycles. The number of rotatable bonds is 5. The average molecular weight is 285 g/mol. The maximum atomic E-state index is 12.0. The number of anilines is 1. The molecule has 4 heteroatoms. The third-order valence-corrected chi connectivity index (χ3v) is 3.00. The molecule has 2 aromatic carbocycles.